The average molecular weight is 375 g/mol. The van der Waals surface area contributed by atoms with E-state index in [1.165, 1.54) is 7.11 Å². The number of nitrogen functional groups attached to an aromatic ring is 1. The van der Waals surface area contributed by atoms with Gasteiger partial charge in [-0.05, 0) is 37.3 Å². The largest absolute Gasteiger partial charge is 0.495 e. The van der Waals surface area contributed by atoms with Crippen LogP contribution in [0.15, 0.2) is 47.6 Å². The van der Waals surface area contributed by atoms with Gasteiger partial charge in [-0.1, -0.05) is 23.7 Å². The molecule has 0 atom stereocenters. The van der Waals surface area contributed by atoms with Crippen LogP contribution in [0.1, 0.15) is 23.7 Å². The van der Waals surface area contributed by atoms with Gasteiger partial charge >= 0.3 is 0 Å². The van der Waals surface area contributed by atoms with E-state index in [4.69, 9.17) is 22.1 Å². The van der Waals surface area contributed by atoms with Crippen molar-refractivity contribution in [1.29, 1.82) is 0 Å². The van der Waals surface area contributed by atoms with Crippen molar-refractivity contribution < 1.29 is 14.3 Å². The zero-order chi connectivity index (χ0) is 19.1. The van der Waals surface area contributed by atoms with Crippen LogP contribution in [0.3, 0.4) is 0 Å². The first-order chi connectivity index (χ1) is 12.4. The fraction of sp³-hybridized carbons (Fsp3) is 0.167. The molecule has 7 nitrogen and oxygen atoms in total. The molecule has 8 heteroatoms. The number of ether oxygens (including phenoxy) is 1. The number of nitrogens with one attached hydrogen (secondary N) is 2. The Morgan fingerprint density at radius 2 is 1.96 bits per heavy atom. The minimum atomic E-state index is -0.440. The van der Waals surface area contributed by atoms with Crippen molar-refractivity contribution in [3.63, 3.8) is 0 Å². The van der Waals surface area contributed by atoms with E-state index < -0.39 is 5.91 Å². The fourth-order valence-corrected chi connectivity index (χ4v) is 2.39. The van der Waals surface area contributed by atoms with Crippen LogP contribution in [0.25, 0.3) is 0 Å². The number of anilines is 2. The second-order valence-electron chi connectivity index (χ2n) is 5.45. The molecule has 136 valence electrons. The second-order valence-corrected chi connectivity index (χ2v) is 5.86. The lowest BCUT2D eigenvalue weighted by Crippen LogP contribution is -2.22. The van der Waals surface area contributed by atoms with Crippen LogP contribution in [0.5, 0.6) is 5.75 Å². The van der Waals surface area contributed by atoms with E-state index in [9.17, 15) is 9.59 Å². The minimum absolute atomic E-state index is 0.00813. The number of nitrogens with two attached hydrogens (primary N) is 1. The van der Waals surface area contributed by atoms with Crippen molar-refractivity contribution in [2.45, 2.75) is 13.3 Å². The molecule has 4 N–H and O–H groups in total. The summed E-state index contributed by atoms with van der Waals surface area (Å²) in [5, 5.41) is 7.02. The lowest BCUT2D eigenvalue weighted by atomic mass is 10.2. The molecule has 0 saturated carbocycles. The number of rotatable bonds is 6. The number of carbonyl (C=O) groups is 2. The number of hydrazone groups is 1. The van der Waals surface area contributed by atoms with E-state index in [0.717, 1.165) is 0 Å². The maximum atomic E-state index is 12.1. The van der Waals surface area contributed by atoms with E-state index in [2.05, 4.69) is 15.8 Å². The SMILES string of the molecule is COc1ccc(NC(=O)CC(C)=NNC(=O)c2ccccc2N)cc1Cl. The molecule has 0 aromatic heterocycles. The summed E-state index contributed by atoms with van der Waals surface area (Å²) in [6, 6.07) is 11.6. The maximum absolute atomic E-state index is 12.1. The molecular formula is C18H19ClN4O3. The van der Waals surface area contributed by atoms with Gasteiger partial charge in [0.15, 0.2) is 0 Å². The number of hydrogen-bond acceptors (Lipinski definition) is 5. The summed E-state index contributed by atoms with van der Waals surface area (Å²) in [5.41, 5.74) is 9.76. The molecule has 0 unspecified atom stereocenters. The Balaban J connectivity index is 1.92. The van der Waals surface area contributed by atoms with Crippen molar-refractivity contribution in [1.82, 2.24) is 5.43 Å². The van der Waals surface area contributed by atoms with E-state index in [1.54, 1.807) is 49.4 Å². The van der Waals surface area contributed by atoms with Crippen LogP contribution in [-0.4, -0.2) is 24.6 Å². The highest BCUT2D eigenvalue weighted by Gasteiger charge is 2.10. The first-order valence-electron chi connectivity index (χ1n) is 7.72. The van der Waals surface area contributed by atoms with Gasteiger partial charge in [-0.15, -0.1) is 0 Å². The Morgan fingerprint density at radius 3 is 2.62 bits per heavy atom. The number of amides is 2. The summed E-state index contributed by atoms with van der Waals surface area (Å²) in [6.45, 7) is 1.63. The molecule has 0 radical (unpaired) electrons. The van der Waals surface area contributed by atoms with Crippen LogP contribution < -0.4 is 21.2 Å². The molecular weight excluding hydrogens is 356 g/mol. The first-order valence-corrected chi connectivity index (χ1v) is 8.10. The van der Waals surface area contributed by atoms with Gasteiger partial charge in [0.2, 0.25) is 5.91 Å². The first kappa shape index (κ1) is 19.3. The summed E-state index contributed by atoms with van der Waals surface area (Å²) < 4.78 is 5.06. The molecule has 0 saturated heterocycles. The third kappa shape index (κ3) is 5.22. The number of methoxy groups -OCH3 is 1. The summed E-state index contributed by atoms with van der Waals surface area (Å²) in [4.78, 5) is 24.1. The zero-order valence-electron chi connectivity index (χ0n) is 14.4. The molecule has 0 spiro atoms. The topological polar surface area (TPSA) is 106 Å². The Kier molecular flexibility index (Phi) is 6.57. The lowest BCUT2D eigenvalue weighted by Gasteiger charge is -2.08. The fourth-order valence-electron chi connectivity index (χ4n) is 2.13. The third-order valence-electron chi connectivity index (χ3n) is 3.41. The quantitative estimate of drug-likeness (QED) is 0.410. The van der Waals surface area contributed by atoms with Crippen molar-refractivity contribution in [2.75, 3.05) is 18.2 Å². The van der Waals surface area contributed by atoms with Gasteiger partial charge in [-0.2, -0.15) is 5.10 Å². The van der Waals surface area contributed by atoms with Crippen LogP contribution in [0.4, 0.5) is 11.4 Å². The smallest absolute Gasteiger partial charge is 0.273 e. The predicted molar refractivity (Wildman–Crippen MR) is 103 cm³/mol. The molecule has 0 aliphatic heterocycles. The molecule has 0 heterocycles. The van der Waals surface area contributed by atoms with Crippen molar-refractivity contribution >= 4 is 40.5 Å². The van der Waals surface area contributed by atoms with Gasteiger partial charge in [0.05, 0.1) is 24.1 Å². The molecule has 2 aromatic rings. The molecule has 2 aromatic carbocycles. The molecule has 26 heavy (non-hydrogen) atoms. The normalized spacial score (nSPS) is 11.0. The van der Waals surface area contributed by atoms with Crippen molar-refractivity contribution in [3.8, 4) is 5.75 Å². The van der Waals surface area contributed by atoms with Crippen LogP contribution in [0.2, 0.25) is 5.02 Å². The van der Waals surface area contributed by atoms with Gasteiger partial charge < -0.3 is 15.8 Å². The van der Waals surface area contributed by atoms with Crippen LogP contribution >= 0.6 is 11.6 Å². The second kappa shape index (κ2) is 8.87. The minimum Gasteiger partial charge on any atom is -0.495 e. The number of carbonyl (C=O) groups excluding carboxylic acids is 2. The van der Waals surface area contributed by atoms with E-state index in [-0.39, 0.29) is 12.3 Å². The number of para-hydroxylation sites is 1. The van der Waals surface area contributed by atoms with Crippen LogP contribution in [-0.2, 0) is 4.79 Å². The van der Waals surface area contributed by atoms with Gasteiger partial charge in [0.25, 0.3) is 5.91 Å². The molecule has 0 aliphatic carbocycles. The summed E-state index contributed by atoms with van der Waals surface area (Å²) in [6.07, 6.45) is 0.00813. The summed E-state index contributed by atoms with van der Waals surface area (Å²) in [5.74, 6) is -0.212. The molecule has 2 amide bonds. The van der Waals surface area contributed by atoms with Gasteiger partial charge in [0, 0.05) is 17.1 Å². The Hall–Kier alpha value is -3.06. The highest BCUT2D eigenvalue weighted by molar-refractivity contribution is 6.32. The molecule has 0 bridgehead atoms. The van der Waals surface area contributed by atoms with Gasteiger partial charge in [0.1, 0.15) is 5.75 Å². The lowest BCUT2D eigenvalue weighted by molar-refractivity contribution is -0.115. The number of hydrogen-bond donors (Lipinski definition) is 3. The number of nitrogens with zero attached hydrogens (tertiary/aromatic N) is 1. The Morgan fingerprint density at radius 1 is 1.23 bits per heavy atom. The Labute approximate surface area is 156 Å². The monoisotopic (exact) mass is 374 g/mol. The van der Waals surface area contributed by atoms with Gasteiger partial charge in [-0.25, -0.2) is 5.43 Å². The average Bonchev–Trinajstić information content (AvgIpc) is 2.60. The van der Waals surface area contributed by atoms with E-state index in [0.29, 0.717) is 33.4 Å². The summed E-state index contributed by atoms with van der Waals surface area (Å²) >= 11 is 6.02. The molecule has 0 aliphatic rings. The maximum Gasteiger partial charge on any atom is 0.273 e. The molecule has 2 rings (SSSR count). The summed E-state index contributed by atoms with van der Waals surface area (Å²) in [7, 11) is 1.51. The number of halogens is 1. The Bertz CT molecular complexity index is 852. The zero-order valence-corrected chi connectivity index (χ0v) is 15.1. The molecule has 0 fully saturated rings. The number of benzene rings is 2. The predicted octanol–water partition coefficient (Wildman–Crippen LogP) is 3.07. The van der Waals surface area contributed by atoms with Gasteiger partial charge in [-0.3, -0.25) is 9.59 Å². The van der Waals surface area contributed by atoms with E-state index in [1.807, 2.05) is 0 Å². The highest BCUT2D eigenvalue weighted by Crippen LogP contribution is 2.27. The van der Waals surface area contributed by atoms with Crippen molar-refractivity contribution in [3.05, 3.63) is 53.1 Å². The highest BCUT2D eigenvalue weighted by atomic mass is 35.5. The van der Waals surface area contributed by atoms with E-state index >= 15 is 0 Å². The third-order valence-corrected chi connectivity index (χ3v) is 3.70. The van der Waals surface area contributed by atoms with Crippen molar-refractivity contribution in [2.24, 2.45) is 5.10 Å². The standard InChI is InChI=1S/C18H19ClN4O3/c1-11(22-23-18(25)13-5-3-4-6-15(13)20)9-17(24)21-12-7-8-16(26-2)14(19)10-12/h3-8,10H,9,20H2,1-2H3,(H,21,24)(H,23,25). The van der Waals surface area contributed by atoms with Crippen LogP contribution in [0, 0.1) is 0 Å².